The third-order valence-electron chi connectivity index (χ3n) is 7.43. The van der Waals surface area contributed by atoms with Gasteiger partial charge in [0.05, 0.1) is 29.1 Å². The monoisotopic (exact) mass is 549 g/mol. The van der Waals surface area contributed by atoms with E-state index in [1.54, 1.807) is 25.3 Å². The van der Waals surface area contributed by atoms with Crippen molar-refractivity contribution in [3.05, 3.63) is 76.0 Å². The smallest absolute Gasteiger partial charge is 0.255 e. The average Bonchev–Trinajstić information content (AvgIpc) is 3.28. The Morgan fingerprint density at radius 2 is 2.03 bits per heavy atom. The predicted octanol–water partition coefficient (Wildman–Crippen LogP) is 3.66. The Bertz CT molecular complexity index is 1380. The number of aromatic nitrogens is 3. The Morgan fingerprint density at radius 3 is 2.77 bits per heavy atom. The minimum Gasteiger partial charge on any atom is -0.394 e. The van der Waals surface area contributed by atoms with Gasteiger partial charge in [0.15, 0.2) is 0 Å². The zero-order valence-electron chi connectivity index (χ0n) is 22.1. The summed E-state index contributed by atoms with van der Waals surface area (Å²) in [5, 5.41) is 13.1. The maximum absolute atomic E-state index is 13.4. The van der Waals surface area contributed by atoms with Crippen LogP contribution in [0.1, 0.15) is 58.9 Å². The van der Waals surface area contributed by atoms with E-state index in [0.717, 1.165) is 55.1 Å². The molecule has 2 aromatic heterocycles. The number of nitrogens with one attached hydrogen (secondary N) is 1. The number of carbonyl (C=O) groups is 2. The number of hydrogen-bond donors (Lipinski definition) is 2. The summed E-state index contributed by atoms with van der Waals surface area (Å²) in [5.41, 5.74) is 4.02. The number of carbonyl (C=O) groups excluding carboxylic acids is 2. The Morgan fingerprint density at radius 1 is 1.23 bits per heavy atom. The summed E-state index contributed by atoms with van der Waals surface area (Å²) >= 11 is 6.49. The lowest BCUT2D eigenvalue weighted by Crippen LogP contribution is -2.46. The predicted molar refractivity (Wildman–Crippen MR) is 146 cm³/mol. The highest BCUT2D eigenvalue weighted by atomic mass is 35.5. The molecular formula is C29H32ClN5O4. The van der Waals surface area contributed by atoms with Crippen LogP contribution in [0.4, 0.5) is 0 Å². The molecule has 2 N–H and O–H groups in total. The summed E-state index contributed by atoms with van der Waals surface area (Å²) in [6.45, 7) is 5.05. The van der Waals surface area contributed by atoms with Crippen molar-refractivity contribution in [1.29, 1.82) is 0 Å². The molecule has 10 heteroatoms. The molecule has 9 nitrogen and oxygen atoms in total. The number of nitrogens with zero attached hydrogens (tertiary/aromatic N) is 4. The van der Waals surface area contributed by atoms with Crippen LogP contribution in [0.2, 0.25) is 5.02 Å². The highest BCUT2D eigenvalue weighted by Gasteiger charge is 2.35. The van der Waals surface area contributed by atoms with Gasteiger partial charge >= 0.3 is 0 Å². The second-order valence-corrected chi connectivity index (χ2v) is 10.6. The Hall–Kier alpha value is -3.40. The molecule has 0 radical (unpaired) electrons. The number of fused-ring (bicyclic) bond motifs is 1. The van der Waals surface area contributed by atoms with Gasteiger partial charge in [-0.1, -0.05) is 29.8 Å². The minimum atomic E-state index is -0.749. The number of amides is 2. The second-order valence-electron chi connectivity index (χ2n) is 10.2. The fourth-order valence-corrected chi connectivity index (χ4v) is 5.30. The van der Waals surface area contributed by atoms with E-state index in [4.69, 9.17) is 21.3 Å². The number of hydrogen-bond acceptors (Lipinski definition) is 7. The number of aryl methyl sites for hydroxylation is 1. The first-order valence-corrected chi connectivity index (χ1v) is 13.6. The van der Waals surface area contributed by atoms with E-state index in [0.29, 0.717) is 34.4 Å². The first kappa shape index (κ1) is 27.2. The summed E-state index contributed by atoms with van der Waals surface area (Å²) in [6, 6.07) is 9.59. The van der Waals surface area contributed by atoms with Crippen molar-refractivity contribution >= 4 is 23.4 Å². The molecule has 0 spiro atoms. The van der Waals surface area contributed by atoms with Crippen LogP contribution in [0.5, 0.6) is 0 Å². The standard InChI is InChI=1S/C29H32ClN5O4/c1-17-4-3-5-24(32-17)25(16-36)33-28(37)18(2)35-15-21-7-6-20(13-22(21)29(35)38)27-23(30)14-31-26(34-27)12-19-8-10-39-11-9-19/h3-7,13-14,18-19,25,36H,8-12,15-16H2,1-2H3,(H,33,37)/t18-,25-/m1/s1. The molecular weight excluding hydrogens is 518 g/mol. The van der Waals surface area contributed by atoms with E-state index in [-0.39, 0.29) is 18.4 Å². The van der Waals surface area contributed by atoms with Crippen molar-refractivity contribution in [2.24, 2.45) is 5.92 Å². The van der Waals surface area contributed by atoms with Gasteiger partial charge in [-0.25, -0.2) is 9.97 Å². The zero-order valence-corrected chi connectivity index (χ0v) is 22.8. The molecule has 5 rings (SSSR count). The molecule has 1 aromatic carbocycles. The quantitative estimate of drug-likeness (QED) is 0.440. The van der Waals surface area contributed by atoms with E-state index in [1.807, 2.05) is 31.2 Å². The van der Waals surface area contributed by atoms with Crippen LogP contribution in [-0.4, -0.2) is 62.6 Å². The highest BCUT2D eigenvalue weighted by molar-refractivity contribution is 6.32. The average molecular weight is 550 g/mol. The molecule has 2 aliphatic heterocycles. The summed E-state index contributed by atoms with van der Waals surface area (Å²) < 4.78 is 5.45. The molecule has 1 fully saturated rings. The second kappa shape index (κ2) is 11.8. The van der Waals surface area contributed by atoms with Crippen molar-refractivity contribution in [2.45, 2.75) is 51.7 Å². The molecule has 204 valence electrons. The molecule has 39 heavy (non-hydrogen) atoms. The van der Waals surface area contributed by atoms with Gasteiger partial charge in [-0.2, -0.15) is 0 Å². The molecule has 0 saturated carbocycles. The first-order valence-electron chi connectivity index (χ1n) is 13.2. The van der Waals surface area contributed by atoms with Gasteiger partial charge in [0, 0.05) is 49.2 Å². The maximum Gasteiger partial charge on any atom is 0.255 e. The van der Waals surface area contributed by atoms with Crippen LogP contribution in [0, 0.1) is 12.8 Å². The fourth-order valence-electron chi connectivity index (χ4n) is 5.10. The molecule has 2 atom stereocenters. The summed E-state index contributed by atoms with van der Waals surface area (Å²) in [7, 11) is 0. The molecule has 4 heterocycles. The number of aliphatic hydroxyl groups is 1. The van der Waals surface area contributed by atoms with Crippen molar-refractivity contribution in [1.82, 2.24) is 25.2 Å². The summed E-state index contributed by atoms with van der Waals surface area (Å²) in [5.74, 6) is 0.593. The van der Waals surface area contributed by atoms with Crippen molar-refractivity contribution in [2.75, 3.05) is 19.8 Å². The SMILES string of the molecule is Cc1cccc([C@@H](CO)NC(=O)[C@@H](C)N2Cc3ccc(-c4nc(CC5CCOCC5)ncc4Cl)cc3C2=O)n1. The van der Waals surface area contributed by atoms with Gasteiger partial charge in [-0.3, -0.25) is 14.6 Å². The van der Waals surface area contributed by atoms with Crippen LogP contribution in [0.15, 0.2) is 42.6 Å². The Kier molecular flexibility index (Phi) is 8.20. The third-order valence-corrected chi connectivity index (χ3v) is 7.71. The van der Waals surface area contributed by atoms with Crippen LogP contribution in [-0.2, 0) is 22.5 Å². The number of pyridine rings is 1. The zero-order chi connectivity index (χ0) is 27.5. The Balaban J connectivity index is 1.31. The van der Waals surface area contributed by atoms with Gasteiger partial charge in [-0.15, -0.1) is 0 Å². The molecule has 1 saturated heterocycles. The van der Waals surface area contributed by atoms with Crippen LogP contribution in [0.25, 0.3) is 11.3 Å². The molecule has 0 unspecified atom stereocenters. The lowest BCUT2D eigenvalue weighted by molar-refractivity contribution is -0.126. The minimum absolute atomic E-state index is 0.240. The fraction of sp³-hybridized carbons (Fsp3) is 0.414. The number of aliphatic hydroxyl groups excluding tert-OH is 1. The van der Waals surface area contributed by atoms with Gasteiger partial charge in [0.1, 0.15) is 11.9 Å². The molecule has 0 aliphatic carbocycles. The van der Waals surface area contributed by atoms with E-state index >= 15 is 0 Å². The van der Waals surface area contributed by atoms with E-state index in [1.165, 1.54) is 4.90 Å². The molecule has 3 aromatic rings. The van der Waals surface area contributed by atoms with Gasteiger partial charge in [0.2, 0.25) is 5.91 Å². The van der Waals surface area contributed by atoms with Crippen LogP contribution >= 0.6 is 11.6 Å². The van der Waals surface area contributed by atoms with E-state index in [2.05, 4.69) is 15.3 Å². The Labute approximate surface area is 232 Å². The normalized spacial score (nSPS) is 17.1. The molecule has 0 bridgehead atoms. The highest BCUT2D eigenvalue weighted by Crippen LogP contribution is 2.32. The lowest BCUT2D eigenvalue weighted by Gasteiger charge is -2.25. The van der Waals surface area contributed by atoms with Crippen LogP contribution in [0.3, 0.4) is 0 Å². The number of halogens is 1. The van der Waals surface area contributed by atoms with E-state index < -0.39 is 12.1 Å². The maximum atomic E-state index is 13.4. The number of rotatable bonds is 8. The topological polar surface area (TPSA) is 118 Å². The van der Waals surface area contributed by atoms with Gasteiger partial charge in [0.25, 0.3) is 5.91 Å². The molecule has 2 amide bonds. The molecule has 2 aliphatic rings. The van der Waals surface area contributed by atoms with Crippen molar-refractivity contribution < 1.29 is 19.4 Å². The summed E-state index contributed by atoms with van der Waals surface area (Å²) in [6.07, 6.45) is 4.34. The van der Waals surface area contributed by atoms with Crippen LogP contribution < -0.4 is 5.32 Å². The largest absolute Gasteiger partial charge is 0.394 e. The first-order chi connectivity index (χ1) is 18.8. The van der Waals surface area contributed by atoms with Gasteiger partial charge < -0.3 is 20.1 Å². The number of benzene rings is 1. The summed E-state index contributed by atoms with van der Waals surface area (Å²) in [4.78, 5) is 41.6. The third kappa shape index (κ3) is 5.95. The van der Waals surface area contributed by atoms with Gasteiger partial charge in [-0.05, 0) is 56.4 Å². The van der Waals surface area contributed by atoms with E-state index in [9.17, 15) is 14.7 Å². The van der Waals surface area contributed by atoms with Crippen molar-refractivity contribution in [3.8, 4) is 11.3 Å². The van der Waals surface area contributed by atoms with Crippen molar-refractivity contribution in [3.63, 3.8) is 0 Å². The number of ether oxygens (including phenoxy) is 1. The lowest BCUT2D eigenvalue weighted by atomic mass is 9.96.